The first-order valence-corrected chi connectivity index (χ1v) is 10.6. The van der Waals surface area contributed by atoms with Crippen LogP contribution < -0.4 is 5.32 Å². The summed E-state index contributed by atoms with van der Waals surface area (Å²) in [5, 5.41) is 2.96. The highest BCUT2D eigenvalue weighted by atomic mass is 16.1. The van der Waals surface area contributed by atoms with Gasteiger partial charge in [0.25, 0.3) is 5.91 Å². The summed E-state index contributed by atoms with van der Waals surface area (Å²) in [6.07, 6.45) is 4.93. The van der Waals surface area contributed by atoms with E-state index in [9.17, 15) is 4.79 Å². The van der Waals surface area contributed by atoms with Crippen LogP contribution in [-0.2, 0) is 13.0 Å². The van der Waals surface area contributed by atoms with E-state index in [-0.39, 0.29) is 11.9 Å². The van der Waals surface area contributed by atoms with Crippen molar-refractivity contribution >= 4 is 5.91 Å². The van der Waals surface area contributed by atoms with Crippen molar-refractivity contribution in [2.75, 3.05) is 13.1 Å². The fraction of sp³-hybridized carbons (Fsp3) is 0.320. The number of nitrogens with zero attached hydrogens (tertiary/aromatic N) is 3. The lowest BCUT2D eigenvalue weighted by atomic mass is 10.1. The summed E-state index contributed by atoms with van der Waals surface area (Å²) in [6.45, 7) is 4.46. The van der Waals surface area contributed by atoms with E-state index in [1.165, 1.54) is 5.56 Å². The van der Waals surface area contributed by atoms with Gasteiger partial charge < -0.3 is 5.32 Å². The Bertz CT molecular complexity index is 975. The normalized spacial score (nSPS) is 16.5. The van der Waals surface area contributed by atoms with E-state index in [1.54, 1.807) is 6.20 Å². The van der Waals surface area contributed by atoms with Crippen molar-refractivity contribution in [3.63, 3.8) is 0 Å². The van der Waals surface area contributed by atoms with E-state index in [4.69, 9.17) is 4.98 Å². The first-order chi connectivity index (χ1) is 14.7. The minimum atomic E-state index is -0.129. The highest BCUT2D eigenvalue weighted by molar-refractivity contribution is 5.94. The van der Waals surface area contributed by atoms with Gasteiger partial charge in [0.15, 0.2) is 0 Å². The van der Waals surface area contributed by atoms with Crippen molar-refractivity contribution < 1.29 is 4.79 Å². The number of benzene rings is 2. The number of hydrogen-bond acceptors (Lipinski definition) is 4. The molecule has 1 atom stereocenters. The van der Waals surface area contributed by atoms with E-state index in [0.29, 0.717) is 12.1 Å². The fourth-order valence-corrected chi connectivity index (χ4v) is 4.05. The number of aromatic nitrogens is 2. The van der Waals surface area contributed by atoms with Gasteiger partial charge in [0, 0.05) is 19.3 Å². The van der Waals surface area contributed by atoms with E-state index in [1.807, 2.05) is 37.3 Å². The number of likely N-dealkylation sites (tertiary alicyclic amines) is 1. The molecule has 1 fully saturated rings. The second-order valence-corrected chi connectivity index (χ2v) is 7.83. The molecule has 0 unspecified atom stereocenters. The van der Waals surface area contributed by atoms with Gasteiger partial charge in [-0.05, 0) is 43.9 Å². The van der Waals surface area contributed by atoms with Gasteiger partial charge in [0.2, 0.25) is 0 Å². The number of carbonyl (C=O) groups is 1. The van der Waals surface area contributed by atoms with Gasteiger partial charge in [-0.25, -0.2) is 9.97 Å². The molecule has 1 aromatic heterocycles. The van der Waals surface area contributed by atoms with E-state index >= 15 is 0 Å². The molecule has 0 spiro atoms. The van der Waals surface area contributed by atoms with Crippen LogP contribution in [0, 0.1) is 6.92 Å². The maximum Gasteiger partial charge on any atom is 0.254 e. The van der Waals surface area contributed by atoms with Crippen molar-refractivity contribution in [2.45, 2.75) is 38.8 Å². The lowest BCUT2D eigenvalue weighted by molar-refractivity contribution is 0.0949. The lowest BCUT2D eigenvalue weighted by Crippen LogP contribution is -2.28. The number of aryl methyl sites for hydroxylation is 1. The SMILES string of the molecule is Cc1nc([C@@H]2CCCN2CCc2ccccc2)ncc1C(=O)NCc1ccccc1. The molecular weight excluding hydrogens is 372 g/mol. The smallest absolute Gasteiger partial charge is 0.254 e. The van der Waals surface area contributed by atoms with Gasteiger partial charge in [-0.15, -0.1) is 0 Å². The molecule has 1 aliphatic heterocycles. The zero-order valence-electron chi connectivity index (χ0n) is 17.4. The molecule has 1 N–H and O–H groups in total. The van der Waals surface area contributed by atoms with E-state index in [0.717, 1.165) is 49.4 Å². The zero-order valence-corrected chi connectivity index (χ0v) is 17.4. The first kappa shape index (κ1) is 20.2. The Labute approximate surface area is 178 Å². The van der Waals surface area contributed by atoms with Crippen LogP contribution in [0.25, 0.3) is 0 Å². The molecule has 5 nitrogen and oxygen atoms in total. The lowest BCUT2D eigenvalue weighted by Gasteiger charge is -2.23. The van der Waals surface area contributed by atoms with Crippen molar-refractivity contribution in [3.8, 4) is 0 Å². The topological polar surface area (TPSA) is 58.1 Å². The predicted octanol–water partition coefficient (Wildman–Crippen LogP) is 4.09. The molecular formula is C25H28N4O. The van der Waals surface area contributed by atoms with Crippen LogP contribution in [0.3, 0.4) is 0 Å². The van der Waals surface area contributed by atoms with Crippen molar-refractivity contribution in [2.24, 2.45) is 0 Å². The largest absolute Gasteiger partial charge is 0.348 e. The highest BCUT2D eigenvalue weighted by Gasteiger charge is 2.28. The number of amides is 1. The monoisotopic (exact) mass is 400 g/mol. The zero-order chi connectivity index (χ0) is 20.8. The molecule has 0 aliphatic carbocycles. The van der Waals surface area contributed by atoms with Crippen LogP contribution in [0.1, 0.15) is 51.9 Å². The summed E-state index contributed by atoms with van der Waals surface area (Å²) in [7, 11) is 0. The number of nitrogens with one attached hydrogen (secondary N) is 1. The van der Waals surface area contributed by atoms with E-state index < -0.39 is 0 Å². The summed E-state index contributed by atoms with van der Waals surface area (Å²) in [6, 6.07) is 20.7. The average Bonchev–Trinajstić information content (AvgIpc) is 3.26. The Morgan fingerprint density at radius 3 is 2.47 bits per heavy atom. The molecule has 1 amide bonds. The fourth-order valence-electron chi connectivity index (χ4n) is 4.05. The molecule has 30 heavy (non-hydrogen) atoms. The molecule has 3 aromatic rings. The van der Waals surface area contributed by atoms with Gasteiger partial charge in [0.05, 0.1) is 17.3 Å². The molecule has 5 heteroatoms. The van der Waals surface area contributed by atoms with Gasteiger partial charge >= 0.3 is 0 Å². The van der Waals surface area contributed by atoms with Crippen molar-refractivity contribution in [1.82, 2.24) is 20.2 Å². The molecule has 0 bridgehead atoms. The Morgan fingerprint density at radius 1 is 1.07 bits per heavy atom. The highest BCUT2D eigenvalue weighted by Crippen LogP contribution is 2.30. The minimum absolute atomic E-state index is 0.129. The van der Waals surface area contributed by atoms with Crippen LogP contribution >= 0.6 is 0 Å². The predicted molar refractivity (Wildman–Crippen MR) is 118 cm³/mol. The average molecular weight is 401 g/mol. The third-order valence-corrected chi connectivity index (χ3v) is 5.73. The van der Waals surface area contributed by atoms with Crippen LogP contribution in [0.2, 0.25) is 0 Å². The summed E-state index contributed by atoms with van der Waals surface area (Å²) in [4.78, 5) is 24.4. The molecule has 4 rings (SSSR count). The Hall–Kier alpha value is -3.05. The van der Waals surface area contributed by atoms with Gasteiger partial charge in [-0.1, -0.05) is 60.7 Å². The molecule has 0 saturated carbocycles. The Morgan fingerprint density at radius 2 is 1.77 bits per heavy atom. The van der Waals surface area contributed by atoms with Crippen LogP contribution in [0.15, 0.2) is 66.9 Å². The molecule has 2 heterocycles. The van der Waals surface area contributed by atoms with Gasteiger partial charge in [-0.3, -0.25) is 9.69 Å². The quantitative estimate of drug-likeness (QED) is 0.649. The molecule has 1 aliphatic rings. The first-order valence-electron chi connectivity index (χ1n) is 10.6. The van der Waals surface area contributed by atoms with Crippen molar-refractivity contribution in [3.05, 3.63) is 95.1 Å². The third kappa shape index (κ3) is 4.92. The minimum Gasteiger partial charge on any atom is -0.348 e. The van der Waals surface area contributed by atoms with Crippen molar-refractivity contribution in [1.29, 1.82) is 0 Å². The maximum atomic E-state index is 12.6. The number of hydrogen-bond donors (Lipinski definition) is 1. The molecule has 2 aromatic carbocycles. The van der Waals surface area contributed by atoms with Crippen LogP contribution in [-0.4, -0.2) is 33.9 Å². The van der Waals surface area contributed by atoms with Crippen LogP contribution in [0.5, 0.6) is 0 Å². The van der Waals surface area contributed by atoms with E-state index in [2.05, 4.69) is 45.5 Å². The molecule has 154 valence electrons. The number of carbonyl (C=O) groups excluding carboxylic acids is 1. The maximum absolute atomic E-state index is 12.6. The van der Waals surface area contributed by atoms with Gasteiger partial charge in [-0.2, -0.15) is 0 Å². The third-order valence-electron chi connectivity index (χ3n) is 5.73. The summed E-state index contributed by atoms with van der Waals surface area (Å²) in [5.74, 6) is 0.702. The molecule has 1 saturated heterocycles. The number of rotatable bonds is 7. The summed E-state index contributed by atoms with van der Waals surface area (Å²) in [5.41, 5.74) is 3.70. The van der Waals surface area contributed by atoms with Crippen LogP contribution in [0.4, 0.5) is 0 Å². The second kappa shape index (κ2) is 9.63. The summed E-state index contributed by atoms with van der Waals surface area (Å²) < 4.78 is 0. The van der Waals surface area contributed by atoms with Gasteiger partial charge in [0.1, 0.15) is 5.82 Å². The second-order valence-electron chi connectivity index (χ2n) is 7.83. The summed E-state index contributed by atoms with van der Waals surface area (Å²) >= 11 is 0. The standard InChI is InChI=1S/C25H28N4O/c1-19-22(25(30)27-17-21-11-6-3-7-12-21)18-26-24(28-19)23-13-8-15-29(23)16-14-20-9-4-2-5-10-20/h2-7,9-12,18,23H,8,13-17H2,1H3,(H,27,30)/t23-/m0/s1. The molecule has 0 radical (unpaired) electrons. The Kier molecular flexibility index (Phi) is 6.50. The Balaban J connectivity index is 1.39.